The molecule has 0 atom stereocenters. The van der Waals surface area contributed by atoms with Crippen LogP contribution < -0.4 is 4.72 Å². The molecule has 0 heterocycles. The number of aliphatic hydroxyl groups is 1. The number of rotatable bonds is 10. The van der Waals surface area contributed by atoms with Crippen molar-refractivity contribution in [2.75, 3.05) is 39.5 Å². The van der Waals surface area contributed by atoms with E-state index in [1.807, 2.05) is 13.8 Å². The van der Waals surface area contributed by atoms with Crippen molar-refractivity contribution < 1.29 is 18.3 Å². The minimum absolute atomic E-state index is 0.0511. The maximum Gasteiger partial charge on any atom is 0.279 e. The highest BCUT2D eigenvalue weighted by atomic mass is 32.2. The zero-order valence-electron chi connectivity index (χ0n) is 10.8. The SMILES string of the molecule is CCN(CCOCCO)S(=O)(=O)NCC(C)C. The Hall–Kier alpha value is -0.210. The van der Waals surface area contributed by atoms with Crippen molar-refractivity contribution in [3.05, 3.63) is 0 Å². The molecule has 0 rings (SSSR count). The van der Waals surface area contributed by atoms with Gasteiger partial charge in [0.1, 0.15) is 0 Å². The summed E-state index contributed by atoms with van der Waals surface area (Å²) >= 11 is 0. The molecule has 0 aliphatic carbocycles. The van der Waals surface area contributed by atoms with E-state index in [9.17, 15) is 8.42 Å². The molecule has 0 aromatic heterocycles. The molecular formula is C10H24N2O4S. The zero-order valence-corrected chi connectivity index (χ0v) is 11.7. The topological polar surface area (TPSA) is 78.9 Å². The van der Waals surface area contributed by atoms with Crippen LogP contribution in [0.2, 0.25) is 0 Å². The molecule has 0 unspecified atom stereocenters. The highest BCUT2D eigenvalue weighted by Crippen LogP contribution is 1.99. The van der Waals surface area contributed by atoms with Crippen LogP contribution in [0.15, 0.2) is 0 Å². The van der Waals surface area contributed by atoms with Crippen LogP contribution in [0.4, 0.5) is 0 Å². The fraction of sp³-hybridized carbons (Fsp3) is 1.00. The third kappa shape index (κ3) is 7.67. The van der Waals surface area contributed by atoms with E-state index < -0.39 is 10.2 Å². The Kier molecular flexibility index (Phi) is 8.71. The lowest BCUT2D eigenvalue weighted by Crippen LogP contribution is -2.43. The summed E-state index contributed by atoms with van der Waals surface area (Å²) in [5.41, 5.74) is 0. The molecule has 0 saturated heterocycles. The van der Waals surface area contributed by atoms with Crippen molar-refractivity contribution in [2.45, 2.75) is 20.8 Å². The summed E-state index contributed by atoms with van der Waals surface area (Å²) in [6.07, 6.45) is 0. The van der Waals surface area contributed by atoms with E-state index in [1.165, 1.54) is 4.31 Å². The summed E-state index contributed by atoms with van der Waals surface area (Å²) in [6, 6.07) is 0. The Morgan fingerprint density at radius 1 is 1.35 bits per heavy atom. The van der Waals surface area contributed by atoms with Gasteiger partial charge in [0.2, 0.25) is 0 Å². The highest BCUT2D eigenvalue weighted by Gasteiger charge is 2.19. The molecule has 0 aromatic rings. The predicted molar refractivity (Wildman–Crippen MR) is 66.9 cm³/mol. The van der Waals surface area contributed by atoms with Crippen molar-refractivity contribution in [1.29, 1.82) is 0 Å². The Balaban J connectivity index is 4.13. The molecule has 0 saturated carbocycles. The second-order valence-corrected chi connectivity index (χ2v) is 5.83. The van der Waals surface area contributed by atoms with E-state index in [-0.39, 0.29) is 25.7 Å². The van der Waals surface area contributed by atoms with Gasteiger partial charge in [-0.2, -0.15) is 12.7 Å². The molecule has 2 N–H and O–H groups in total. The first kappa shape index (κ1) is 16.8. The van der Waals surface area contributed by atoms with E-state index in [0.29, 0.717) is 19.6 Å². The van der Waals surface area contributed by atoms with Gasteiger partial charge in [0.25, 0.3) is 10.2 Å². The van der Waals surface area contributed by atoms with Crippen molar-refractivity contribution in [3.63, 3.8) is 0 Å². The standard InChI is InChI=1S/C10H24N2O4S/c1-4-12(5-7-16-8-6-13)17(14,15)11-9-10(2)3/h10-11,13H,4-9H2,1-3H3. The fourth-order valence-electron chi connectivity index (χ4n) is 1.14. The molecule has 6 nitrogen and oxygen atoms in total. The number of nitrogens with zero attached hydrogens (tertiary/aromatic N) is 1. The maximum atomic E-state index is 11.8. The number of aliphatic hydroxyl groups excluding tert-OH is 1. The first-order chi connectivity index (χ1) is 7.94. The van der Waals surface area contributed by atoms with E-state index in [1.54, 1.807) is 6.92 Å². The summed E-state index contributed by atoms with van der Waals surface area (Å²) in [4.78, 5) is 0. The first-order valence-corrected chi connectivity index (χ1v) is 7.31. The van der Waals surface area contributed by atoms with Crippen molar-refractivity contribution >= 4 is 10.2 Å². The van der Waals surface area contributed by atoms with Gasteiger partial charge in [0.05, 0.1) is 19.8 Å². The molecule has 0 aliphatic heterocycles. The van der Waals surface area contributed by atoms with Crippen molar-refractivity contribution in [2.24, 2.45) is 5.92 Å². The molecule has 0 aromatic carbocycles. The van der Waals surface area contributed by atoms with Crippen LogP contribution in [0.5, 0.6) is 0 Å². The lowest BCUT2D eigenvalue weighted by molar-refractivity contribution is 0.0858. The average Bonchev–Trinajstić information content (AvgIpc) is 2.26. The Morgan fingerprint density at radius 3 is 2.47 bits per heavy atom. The van der Waals surface area contributed by atoms with Gasteiger partial charge < -0.3 is 9.84 Å². The number of likely N-dealkylation sites (N-methyl/N-ethyl adjacent to an activating group) is 1. The lowest BCUT2D eigenvalue weighted by Gasteiger charge is -2.21. The number of ether oxygens (including phenoxy) is 1. The number of nitrogens with one attached hydrogen (secondary N) is 1. The number of hydrogen-bond acceptors (Lipinski definition) is 4. The average molecular weight is 268 g/mol. The molecular weight excluding hydrogens is 244 g/mol. The van der Waals surface area contributed by atoms with Crippen LogP contribution in [0.1, 0.15) is 20.8 Å². The molecule has 0 amide bonds. The van der Waals surface area contributed by atoms with Gasteiger partial charge in [-0.3, -0.25) is 0 Å². The first-order valence-electron chi connectivity index (χ1n) is 5.87. The quantitative estimate of drug-likeness (QED) is 0.538. The van der Waals surface area contributed by atoms with Crippen LogP contribution in [0, 0.1) is 5.92 Å². The van der Waals surface area contributed by atoms with Gasteiger partial charge in [0.15, 0.2) is 0 Å². The van der Waals surface area contributed by atoms with Crippen molar-refractivity contribution in [3.8, 4) is 0 Å². The van der Waals surface area contributed by atoms with E-state index in [4.69, 9.17) is 9.84 Å². The van der Waals surface area contributed by atoms with Crippen molar-refractivity contribution in [1.82, 2.24) is 9.03 Å². The second-order valence-electron chi connectivity index (χ2n) is 4.07. The molecule has 0 aliphatic rings. The molecule has 0 spiro atoms. The van der Waals surface area contributed by atoms with Crippen LogP contribution in [0.25, 0.3) is 0 Å². The maximum absolute atomic E-state index is 11.8. The van der Waals surface area contributed by atoms with Gasteiger partial charge in [-0.1, -0.05) is 20.8 Å². The summed E-state index contributed by atoms with van der Waals surface area (Å²) in [5, 5.41) is 8.52. The van der Waals surface area contributed by atoms with Gasteiger partial charge in [0, 0.05) is 19.6 Å². The normalized spacial score (nSPS) is 12.6. The molecule has 17 heavy (non-hydrogen) atoms. The lowest BCUT2D eigenvalue weighted by atomic mass is 10.2. The van der Waals surface area contributed by atoms with Gasteiger partial charge in [-0.25, -0.2) is 4.72 Å². The molecule has 0 bridgehead atoms. The Labute approximate surface area is 104 Å². The van der Waals surface area contributed by atoms with Gasteiger partial charge in [-0.15, -0.1) is 0 Å². The molecule has 7 heteroatoms. The highest BCUT2D eigenvalue weighted by molar-refractivity contribution is 7.87. The van der Waals surface area contributed by atoms with E-state index in [0.717, 1.165) is 0 Å². The van der Waals surface area contributed by atoms with Crippen LogP contribution in [0.3, 0.4) is 0 Å². The minimum Gasteiger partial charge on any atom is -0.394 e. The summed E-state index contributed by atoms with van der Waals surface area (Å²) in [5.74, 6) is 0.272. The molecule has 104 valence electrons. The third-order valence-corrected chi connectivity index (χ3v) is 3.74. The third-order valence-electron chi connectivity index (χ3n) is 2.09. The fourth-order valence-corrected chi connectivity index (χ4v) is 2.53. The van der Waals surface area contributed by atoms with E-state index >= 15 is 0 Å². The van der Waals surface area contributed by atoms with Gasteiger partial charge in [-0.05, 0) is 5.92 Å². The summed E-state index contributed by atoms with van der Waals surface area (Å²) < 4.78 is 32.6. The van der Waals surface area contributed by atoms with Crippen LogP contribution in [-0.2, 0) is 14.9 Å². The van der Waals surface area contributed by atoms with Gasteiger partial charge >= 0.3 is 0 Å². The van der Waals surface area contributed by atoms with Crippen LogP contribution >= 0.6 is 0 Å². The monoisotopic (exact) mass is 268 g/mol. The van der Waals surface area contributed by atoms with E-state index in [2.05, 4.69) is 4.72 Å². The minimum atomic E-state index is -3.41. The second kappa shape index (κ2) is 8.82. The molecule has 0 fully saturated rings. The number of hydrogen-bond donors (Lipinski definition) is 2. The zero-order chi connectivity index (χ0) is 13.3. The smallest absolute Gasteiger partial charge is 0.279 e. The Morgan fingerprint density at radius 2 is 2.00 bits per heavy atom. The molecule has 0 radical (unpaired) electrons. The Bertz CT molecular complexity index is 280. The summed E-state index contributed by atoms with van der Waals surface area (Å²) in [7, 11) is -3.41. The largest absolute Gasteiger partial charge is 0.394 e. The van der Waals surface area contributed by atoms with Crippen LogP contribution in [-0.4, -0.2) is 57.3 Å². The summed E-state index contributed by atoms with van der Waals surface area (Å²) in [6.45, 7) is 7.27. The predicted octanol–water partition coefficient (Wildman–Crippen LogP) is -0.192.